The predicted molar refractivity (Wildman–Crippen MR) is 21.7 cm³/mol. The van der Waals surface area contributed by atoms with Crippen LogP contribution >= 0.6 is 0 Å². The smallest absolute Gasteiger partial charge is 0.388 e. The first-order valence-corrected chi connectivity index (χ1v) is 1.71. The minimum atomic E-state index is -0.446. The Morgan fingerprint density at radius 2 is 2.57 bits per heavy atom. The number of hydrogen-bond donors (Lipinski definition) is 0. The Morgan fingerprint density at radius 1 is 2.00 bits per heavy atom. The molecule has 0 saturated carbocycles. The Labute approximate surface area is 40.7 Å². The Balaban J connectivity index is 3.02. The average molecular weight is 101 g/mol. The minimum Gasteiger partial charge on any atom is -0.388 e. The van der Waals surface area contributed by atoms with E-state index >= 15 is 0 Å². The van der Waals surface area contributed by atoms with E-state index in [9.17, 15) is 4.79 Å². The fourth-order valence-electron chi connectivity index (χ4n) is 0.120. The van der Waals surface area contributed by atoms with Crippen LogP contribution in [0.1, 0.15) is 6.92 Å². The van der Waals surface area contributed by atoms with Gasteiger partial charge in [0.2, 0.25) is 5.39 Å². The van der Waals surface area contributed by atoms with Crippen molar-refractivity contribution in [2.45, 2.75) is 6.92 Å². The van der Waals surface area contributed by atoms with Gasteiger partial charge < -0.3 is 4.74 Å². The third-order valence-electron chi connectivity index (χ3n) is 0.326. The second-order valence-electron chi connectivity index (χ2n) is 0.906. The summed E-state index contributed by atoms with van der Waals surface area (Å²) in [5.41, 5.74) is 0. The van der Waals surface area contributed by atoms with Gasteiger partial charge in [0, 0.05) is 6.92 Å². The number of diazo groups is 1. The Hall–Kier alpha value is -1.11. The predicted octanol–water partition coefficient (Wildman–Crippen LogP) is 0.360. The molecular weight excluding hydrogens is 96.0 g/mol. The summed E-state index contributed by atoms with van der Waals surface area (Å²) in [6.45, 7) is 0.973. The monoisotopic (exact) mass is 101 g/mol. The van der Waals surface area contributed by atoms with E-state index in [4.69, 9.17) is 5.39 Å². The van der Waals surface area contributed by atoms with E-state index in [0.717, 1.165) is 0 Å². The van der Waals surface area contributed by atoms with Gasteiger partial charge in [-0.3, -0.25) is 4.79 Å². The third-order valence-corrected chi connectivity index (χ3v) is 0.326. The second kappa shape index (κ2) is 3.09. The largest absolute Gasteiger partial charge is 0.449 e. The summed E-state index contributed by atoms with van der Waals surface area (Å²) in [5, 5.41) is 7.66. The van der Waals surface area contributed by atoms with E-state index < -0.39 is 5.97 Å². The first-order valence-electron chi connectivity index (χ1n) is 1.71. The first-order chi connectivity index (χ1) is 3.27. The zero-order valence-corrected chi connectivity index (χ0v) is 3.92. The van der Waals surface area contributed by atoms with Gasteiger partial charge in [0.1, 0.15) is 0 Å². The molecule has 0 fully saturated rings. The van der Waals surface area contributed by atoms with Crippen molar-refractivity contribution in [3.05, 3.63) is 4.98 Å². The highest BCUT2D eigenvalue weighted by molar-refractivity contribution is 5.65. The molecule has 4 nitrogen and oxygen atoms in total. The number of esters is 1. The molecule has 0 aromatic carbocycles. The van der Waals surface area contributed by atoms with Crippen molar-refractivity contribution in [3.63, 3.8) is 0 Å². The molecular formula is C3H5N2O2+. The van der Waals surface area contributed by atoms with Gasteiger partial charge in [-0.05, 0) is 0 Å². The molecule has 0 aromatic rings. The molecule has 0 aliphatic rings. The van der Waals surface area contributed by atoms with E-state index in [2.05, 4.69) is 9.71 Å². The van der Waals surface area contributed by atoms with Crippen molar-refractivity contribution in [3.8, 4) is 0 Å². The number of nitrogens with zero attached hydrogens (tertiary/aromatic N) is 2. The topological polar surface area (TPSA) is 54.5 Å². The summed E-state index contributed by atoms with van der Waals surface area (Å²) in [4.78, 5) is 12.3. The van der Waals surface area contributed by atoms with Gasteiger partial charge in [-0.1, -0.05) is 0 Å². The summed E-state index contributed by atoms with van der Waals surface area (Å²) in [6, 6.07) is 0. The minimum absolute atomic E-state index is 0.269. The van der Waals surface area contributed by atoms with E-state index in [1.165, 1.54) is 6.92 Å². The number of ether oxygens (including phenoxy) is 1. The van der Waals surface area contributed by atoms with Crippen LogP contribution in [0.2, 0.25) is 0 Å². The quantitative estimate of drug-likeness (QED) is 0.354. The van der Waals surface area contributed by atoms with Crippen LogP contribution in [-0.2, 0) is 9.53 Å². The molecule has 7 heavy (non-hydrogen) atoms. The normalized spacial score (nSPS) is 6.86. The Morgan fingerprint density at radius 3 is 2.71 bits per heavy atom. The van der Waals surface area contributed by atoms with Crippen LogP contribution in [0, 0.1) is 5.39 Å². The lowest BCUT2D eigenvalue weighted by Gasteiger charge is -1.79. The van der Waals surface area contributed by atoms with Crippen LogP contribution < -0.4 is 0 Å². The maximum Gasteiger partial charge on any atom is 0.449 e. The molecule has 0 radical (unpaired) electrons. The summed E-state index contributed by atoms with van der Waals surface area (Å²) < 4.78 is 4.14. The van der Waals surface area contributed by atoms with Crippen LogP contribution in [0.15, 0.2) is 0 Å². The van der Waals surface area contributed by atoms with E-state index in [0.29, 0.717) is 0 Å². The lowest BCUT2D eigenvalue weighted by molar-refractivity contribution is -0.139. The molecule has 0 heterocycles. The van der Waals surface area contributed by atoms with Crippen molar-refractivity contribution < 1.29 is 9.53 Å². The Bertz CT molecular complexity index is 104. The molecule has 0 atom stereocenters. The van der Waals surface area contributed by atoms with Crippen LogP contribution in [0.5, 0.6) is 0 Å². The molecule has 0 aliphatic carbocycles. The number of carbonyl (C=O) groups is 1. The van der Waals surface area contributed by atoms with Crippen LogP contribution in [0.4, 0.5) is 0 Å². The van der Waals surface area contributed by atoms with Crippen LogP contribution in [0.3, 0.4) is 0 Å². The standard InChI is InChI=1S/C3H5N2O2/c1-3(6)7-2-5-4/h2H2,1H3/q+1. The van der Waals surface area contributed by atoms with Gasteiger partial charge in [-0.25, -0.2) is 0 Å². The van der Waals surface area contributed by atoms with Gasteiger partial charge in [-0.2, -0.15) is 0 Å². The van der Waals surface area contributed by atoms with Crippen LogP contribution in [-0.4, -0.2) is 12.7 Å². The second-order valence-corrected chi connectivity index (χ2v) is 0.906. The molecule has 0 amide bonds. The Kier molecular flexibility index (Phi) is 2.60. The highest BCUT2D eigenvalue weighted by Gasteiger charge is 1.94. The summed E-state index contributed by atoms with van der Waals surface area (Å²) >= 11 is 0. The maximum atomic E-state index is 9.81. The first kappa shape index (κ1) is 5.89. The number of carbonyl (C=O) groups excluding carboxylic acids is 1. The highest BCUT2D eigenvalue weighted by Crippen LogP contribution is 1.73. The fraction of sp³-hybridized carbons (Fsp3) is 0.667. The van der Waals surface area contributed by atoms with Crippen molar-refractivity contribution in [1.82, 2.24) is 0 Å². The average Bonchev–Trinajstić information content (AvgIpc) is 1.61. The molecule has 0 aromatic heterocycles. The molecule has 0 unspecified atom stereocenters. The summed E-state index contributed by atoms with van der Waals surface area (Å²) in [7, 11) is 0. The van der Waals surface area contributed by atoms with Crippen molar-refractivity contribution in [2.75, 3.05) is 6.73 Å². The maximum absolute atomic E-state index is 9.81. The van der Waals surface area contributed by atoms with Crippen LogP contribution in [0.25, 0.3) is 4.98 Å². The molecule has 0 N–H and O–H groups in total. The zero-order chi connectivity index (χ0) is 5.70. The molecule has 0 spiro atoms. The van der Waals surface area contributed by atoms with Gasteiger partial charge in [0.05, 0.1) is 0 Å². The van der Waals surface area contributed by atoms with Gasteiger partial charge in [0.15, 0.2) is 4.98 Å². The van der Waals surface area contributed by atoms with E-state index in [-0.39, 0.29) is 6.73 Å². The van der Waals surface area contributed by atoms with Crippen molar-refractivity contribution >= 4 is 5.97 Å². The van der Waals surface area contributed by atoms with Gasteiger partial charge in [-0.15, -0.1) is 0 Å². The SMILES string of the molecule is CC(=O)OC[N+]#N. The van der Waals surface area contributed by atoms with Gasteiger partial charge >= 0.3 is 12.7 Å². The van der Waals surface area contributed by atoms with Crippen molar-refractivity contribution in [2.24, 2.45) is 0 Å². The van der Waals surface area contributed by atoms with Gasteiger partial charge in [0.25, 0.3) is 0 Å². The molecule has 4 heteroatoms. The lowest BCUT2D eigenvalue weighted by Crippen LogP contribution is -1.95. The third kappa shape index (κ3) is 4.89. The molecule has 38 valence electrons. The highest BCUT2D eigenvalue weighted by atomic mass is 16.5. The zero-order valence-electron chi connectivity index (χ0n) is 3.92. The fourth-order valence-corrected chi connectivity index (χ4v) is 0.120. The molecule has 0 saturated heterocycles. The van der Waals surface area contributed by atoms with E-state index in [1.807, 2.05) is 0 Å². The lowest BCUT2D eigenvalue weighted by atomic mass is 10.8. The number of rotatable bonds is 1. The summed E-state index contributed by atoms with van der Waals surface area (Å²) in [5.74, 6) is -0.446. The summed E-state index contributed by atoms with van der Waals surface area (Å²) in [6.07, 6.45) is 0. The molecule has 0 rings (SSSR count). The molecule has 0 aliphatic heterocycles. The van der Waals surface area contributed by atoms with Crippen molar-refractivity contribution in [1.29, 1.82) is 5.39 Å². The van der Waals surface area contributed by atoms with E-state index in [1.54, 1.807) is 0 Å². The molecule has 0 bridgehead atoms. The number of hydrogen-bond acceptors (Lipinski definition) is 3.